The lowest BCUT2D eigenvalue weighted by atomic mass is 10.0. The minimum absolute atomic E-state index is 0.0378. The SMILES string of the molecule is Cc1cccc(N2CCN(C(=O)c3ccc4noc(-c5ccc(Cl)cc5)c4c3)CC2)c1C. The smallest absolute Gasteiger partial charge is 0.254 e. The Morgan fingerprint density at radius 2 is 1.72 bits per heavy atom. The van der Waals surface area contributed by atoms with Gasteiger partial charge in [0.1, 0.15) is 5.52 Å². The number of amides is 1. The van der Waals surface area contributed by atoms with Crippen molar-refractivity contribution in [2.45, 2.75) is 13.8 Å². The molecule has 4 aromatic rings. The van der Waals surface area contributed by atoms with Gasteiger partial charge in [0.25, 0.3) is 5.91 Å². The zero-order valence-corrected chi connectivity index (χ0v) is 18.9. The van der Waals surface area contributed by atoms with E-state index in [9.17, 15) is 4.79 Å². The Morgan fingerprint density at radius 1 is 0.969 bits per heavy atom. The molecule has 3 aromatic carbocycles. The Labute approximate surface area is 192 Å². The highest BCUT2D eigenvalue weighted by Crippen LogP contribution is 2.31. The molecule has 5 nitrogen and oxygen atoms in total. The van der Waals surface area contributed by atoms with Crippen LogP contribution in [0.25, 0.3) is 22.2 Å². The molecule has 0 bridgehead atoms. The lowest BCUT2D eigenvalue weighted by Crippen LogP contribution is -2.49. The molecule has 1 aliphatic heterocycles. The number of benzene rings is 3. The molecule has 0 unspecified atom stereocenters. The third-order valence-corrected chi connectivity index (χ3v) is 6.57. The number of carbonyl (C=O) groups is 1. The fraction of sp³-hybridized carbons (Fsp3) is 0.231. The predicted molar refractivity (Wildman–Crippen MR) is 128 cm³/mol. The topological polar surface area (TPSA) is 49.6 Å². The Hall–Kier alpha value is -3.31. The number of aryl methyl sites for hydroxylation is 1. The highest BCUT2D eigenvalue weighted by atomic mass is 35.5. The summed E-state index contributed by atoms with van der Waals surface area (Å²) in [6, 6.07) is 19.4. The third kappa shape index (κ3) is 3.73. The summed E-state index contributed by atoms with van der Waals surface area (Å²) in [5.41, 5.74) is 6.11. The first kappa shape index (κ1) is 20.6. The summed E-state index contributed by atoms with van der Waals surface area (Å²) < 4.78 is 5.58. The van der Waals surface area contributed by atoms with E-state index in [-0.39, 0.29) is 5.91 Å². The number of rotatable bonds is 3. The van der Waals surface area contributed by atoms with Gasteiger partial charge in [-0.15, -0.1) is 0 Å². The van der Waals surface area contributed by atoms with Crippen molar-refractivity contribution in [3.05, 3.63) is 82.4 Å². The highest BCUT2D eigenvalue weighted by molar-refractivity contribution is 6.30. The number of carbonyl (C=O) groups excluding carboxylic acids is 1. The van der Waals surface area contributed by atoms with E-state index in [1.165, 1.54) is 16.8 Å². The van der Waals surface area contributed by atoms with Crippen LogP contribution in [0.4, 0.5) is 5.69 Å². The van der Waals surface area contributed by atoms with Gasteiger partial charge >= 0.3 is 0 Å². The van der Waals surface area contributed by atoms with Crippen LogP contribution in [0.1, 0.15) is 21.5 Å². The summed E-state index contributed by atoms with van der Waals surface area (Å²) in [5, 5.41) is 5.64. The zero-order chi connectivity index (χ0) is 22.2. The number of nitrogens with zero attached hydrogens (tertiary/aromatic N) is 3. The Kier molecular flexibility index (Phi) is 5.35. The summed E-state index contributed by atoms with van der Waals surface area (Å²) in [6.07, 6.45) is 0. The Bertz CT molecular complexity index is 1290. The van der Waals surface area contributed by atoms with Crippen molar-refractivity contribution in [3.63, 3.8) is 0 Å². The predicted octanol–water partition coefficient (Wildman–Crippen LogP) is 5.73. The van der Waals surface area contributed by atoms with Crippen molar-refractivity contribution < 1.29 is 9.32 Å². The number of aromatic nitrogens is 1. The van der Waals surface area contributed by atoms with E-state index in [0.29, 0.717) is 29.4 Å². The monoisotopic (exact) mass is 445 g/mol. The standard InChI is InChI=1S/C26H24ClN3O2/c1-17-4-3-5-24(18(17)2)29-12-14-30(15-13-29)26(31)20-8-11-23-22(16-20)25(32-28-23)19-6-9-21(27)10-7-19/h3-11,16H,12-15H2,1-2H3. The molecule has 0 aliphatic carbocycles. The van der Waals surface area contributed by atoms with Crippen LogP contribution in [0, 0.1) is 13.8 Å². The molecule has 0 saturated carbocycles. The molecular formula is C26H24ClN3O2. The lowest BCUT2D eigenvalue weighted by Gasteiger charge is -2.37. The number of hydrogen-bond donors (Lipinski definition) is 0. The fourth-order valence-corrected chi connectivity index (χ4v) is 4.42. The average Bonchev–Trinajstić information content (AvgIpc) is 3.24. The van der Waals surface area contributed by atoms with Gasteiger partial charge in [-0.05, 0) is 73.5 Å². The van der Waals surface area contributed by atoms with Gasteiger partial charge < -0.3 is 14.3 Å². The van der Waals surface area contributed by atoms with Gasteiger partial charge in [-0.25, -0.2) is 0 Å². The molecule has 1 aliphatic rings. The van der Waals surface area contributed by atoms with Crippen LogP contribution in [-0.2, 0) is 0 Å². The van der Waals surface area contributed by atoms with Gasteiger partial charge in [-0.1, -0.05) is 28.9 Å². The molecule has 0 spiro atoms. The van der Waals surface area contributed by atoms with Crippen molar-refractivity contribution >= 4 is 34.1 Å². The molecule has 1 saturated heterocycles. The number of halogens is 1. The summed E-state index contributed by atoms with van der Waals surface area (Å²) in [7, 11) is 0. The summed E-state index contributed by atoms with van der Waals surface area (Å²) in [5.74, 6) is 0.682. The maximum atomic E-state index is 13.3. The maximum Gasteiger partial charge on any atom is 0.254 e. The minimum Gasteiger partial charge on any atom is -0.368 e. The van der Waals surface area contributed by atoms with Gasteiger partial charge in [0.05, 0.1) is 5.39 Å². The lowest BCUT2D eigenvalue weighted by molar-refractivity contribution is 0.0747. The van der Waals surface area contributed by atoms with Crippen LogP contribution in [0.5, 0.6) is 0 Å². The molecule has 1 aromatic heterocycles. The van der Waals surface area contributed by atoms with Crippen molar-refractivity contribution in [1.29, 1.82) is 0 Å². The quantitative estimate of drug-likeness (QED) is 0.404. The van der Waals surface area contributed by atoms with E-state index in [1.54, 1.807) is 0 Å². The second kappa shape index (κ2) is 8.32. The van der Waals surface area contributed by atoms with Gasteiger partial charge in [0.2, 0.25) is 0 Å². The van der Waals surface area contributed by atoms with Crippen LogP contribution >= 0.6 is 11.6 Å². The number of hydrogen-bond acceptors (Lipinski definition) is 4. The van der Waals surface area contributed by atoms with Crippen molar-refractivity contribution in [2.75, 3.05) is 31.1 Å². The molecule has 1 fully saturated rings. The molecule has 5 rings (SSSR count). The number of piperazine rings is 1. The fourth-order valence-electron chi connectivity index (χ4n) is 4.30. The van der Waals surface area contributed by atoms with Crippen LogP contribution in [-0.4, -0.2) is 42.1 Å². The van der Waals surface area contributed by atoms with E-state index in [2.05, 4.69) is 42.1 Å². The van der Waals surface area contributed by atoms with Gasteiger partial charge in [0.15, 0.2) is 5.76 Å². The van der Waals surface area contributed by atoms with Crippen LogP contribution in [0.15, 0.2) is 65.2 Å². The summed E-state index contributed by atoms with van der Waals surface area (Å²) in [4.78, 5) is 17.6. The molecule has 0 N–H and O–H groups in total. The molecule has 32 heavy (non-hydrogen) atoms. The van der Waals surface area contributed by atoms with Gasteiger partial charge in [-0.2, -0.15) is 0 Å². The number of anilines is 1. The second-order valence-electron chi connectivity index (χ2n) is 8.25. The van der Waals surface area contributed by atoms with E-state index < -0.39 is 0 Å². The molecule has 0 radical (unpaired) electrons. The van der Waals surface area contributed by atoms with E-state index >= 15 is 0 Å². The molecule has 2 heterocycles. The Morgan fingerprint density at radius 3 is 2.47 bits per heavy atom. The largest absolute Gasteiger partial charge is 0.368 e. The van der Waals surface area contributed by atoms with Gasteiger partial charge in [-0.3, -0.25) is 4.79 Å². The normalized spacial score (nSPS) is 14.2. The van der Waals surface area contributed by atoms with Crippen LogP contribution < -0.4 is 4.90 Å². The maximum absolute atomic E-state index is 13.3. The van der Waals surface area contributed by atoms with E-state index in [0.717, 1.165) is 29.6 Å². The van der Waals surface area contributed by atoms with Crippen molar-refractivity contribution in [3.8, 4) is 11.3 Å². The van der Waals surface area contributed by atoms with Crippen molar-refractivity contribution in [2.24, 2.45) is 0 Å². The van der Waals surface area contributed by atoms with E-state index in [4.69, 9.17) is 16.1 Å². The molecule has 162 valence electrons. The Balaban J connectivity index is 1.36. The minimum atomic E-state index is 0.0378. The van der Waals surface area contributed by atoms with Crippen LogP contribution in [0.3, 0.4) is 0 Å². The summed E-state index contributed by atoms with van der Waals surface area (Å²) >= 11 is 6.01. The van der Waals surface area contributed by atoms with Crippen LogP contribution in [0.2, 0.25) is 5.02 Å². The molecule has 0 atom stereocenters. The first-order valence-electron chi connectivity index (χ1n) is 10.8. The second-order valence-corrected chi connectivity index (χ2v) is 8.69. The summed E-state index contributed by atoms with van der Waals surface area (Å²) in [6.45, 7) is 7.32. The molecule has 1 amide bonds. The number of fused-ring (bicyclic) bond motifs is 1. The third-order valence-electron chi connectivity index (χ3n) is 6.31. The van der Waals surface area contributed by atoms with Gasteiger partial charge in [0, 0.05) is 48.0 Å². The average molecular weight is 446 g/mol. The molecular weight excluding hydrogens is 422 g/mol. The van der Waals surface area contributed by atoms with Crippen molar-refractivity contribution in [1.82, 2.24) is 10.1 Å². The zero-order valence-electron chi connectivity index (χ0n) is 18.1. The first-order chi connectivity index (χ1) is 15.5. The molecule has 6 heteroatoms. The van der Waals surface area contributed by atoms with E-state index in [1.807, 2.05) is 47.4 Å². The highest BCUT2D eigenvalue weighted by Gasteiger charge is 2.24. The first-order valence-corrected chi connectivity index (χ1v) is 11.1.